The van der Waals surface area contributed by atoms with Gasteiger partial charge >= 0.3 is 0 Å². The molecule has 1 aliphatic carbocycles. The Labute approximate surface area is 287 Å². The minimum Gasteiger partial charge on any atom is -0.395 e. The molecule has 0 unspecified atom stereocenters. The number of aliphatic hydroxyl groups is 1. The Bertz CT molecular complexity index is 1270. The van der Waals surface area contributed by atoms with E-state index in [9.17, 15) is 19.5 Å². The number of likely N-dealkylation sites (tertiary alicyclic amines) is 2. The Balaban J connectivity index is 1.50. The van der Waals surface area contributed by atoms with E-state index in [0.717, 1.165) is 50.9 Å². The molecule has 9 nitrogen and oxygen atoms in total. The van der Waals surface area contributed by atoms with Crippen molar-refractivity contribution < 1.29 is 19.5 Å². The summed E-state index contributed by atoms with van der Waals surface area (Å²) in [5.41, 5.74) is 0.00462. The molecule has 4 atom stereocenters. The van der Waals surface area contributed by atoms with Crippen LogP contribution >= 0.6 is 11.6 Å². The highest BCUT2D eigenvalue weighted by Gasteiger charge is 2.52. The van der Waals surface area contributed by atoms with E-state index in [0.29, 0.717) is 43.5 Å². The molecule has 1 saturated carbocycles. The zero-order valence-electron chi connectivity index (χ0n) is 29.8. The predicted octanol–water partition coefficient (Wildman–Crippen LogP) is 4.32. The molecule has 1 aromatic rings. The highest BCUT2D eigenvalue weighted by atomic mass is 35.5. The number of nitrogens with zero attached hydrogens (tertiary/aromatic N) is 5. The third-order valence-corrected chi connectivity index (χ3v) is 11.8. The van der Waals surface area contributed by atoms with Gasteiger partial charge in [0.2, 0.25) is 17.7 Å². The lowest BCUT2D eigenvalue weighted by Gasteiger charge is -2.43. The molecule has 3 amide bonds. The lowest BCUT2D eigenvalue weighted by molar-refractivity contribution is -0.149. The summed E-state index contributed by atoms with van der Waals surface area (Å²) in [6.45, 7) is 16.7. The second-order valence-corrected chi connectivity index (χ2v) is 17.0. The molecular formula is C37H58ClN5O4. The SMILES string of the molecule is CN1CCN(C(=O)[C@@H]2C[C@H](N(C(=O)C(C)(C)CO)[C@H]3CC[C@@H](C)CC3)CN2C(=O)[C@@H]2CN(C(C)(C)C)C[C@H]2c2ccc(Cl)cc2)CC1. The number of carbonyl (C=O) groups excluding carboxylic acids is 3. The van der Waals surface area contributed by atoms with Crippen LogP contribution in [0.2, 0.25) is 5.02 Å². The van der Waals surface area contributed by atoms with Crippen molar-refractivity contribution in [1.29, 1.82) is 0 Å². The van der Waals surface area contributed by atoms with Gasteiger partial charge < -0.3 is 24.7 Å². The van der Waals surface area contributed by atoms with Crippen molar-refractivity contribution in [2.24, 2.45) is 17.3 Å². The monoisotopic (exact) mass is 671 g/mol. The summed E-state index contributed by atoms with van der Waals surface area (Å²) >= 11 is 6.27. The van der Waals surface area contributed by atoms with E-state index >= 15 is 0 Å². The Morgan fingerprint density at radius 1 is 0.872 bits per heavy atom. The van der Waals surface area contributed by atoms with Crippen molar-refractivity contribution in [3.63, 3.8) is 0 Å². The fraction of sp³-hybridized carbons (Fsp3) is 0.757. The molecule has 4 aliphatic rings. The number of benzene rings is 1. The van der Waals surface area contributed by atoms with Gasteiger partial charge in [-0.1, -0.05) is 30.7 Å². The first-order chi connectivity index (χ1) is 22.1. The van der Waals surface area contributed by atoms with Crippen LogP contribution in [0.25, 0.3) is 0 Å². The van der Waals surface area contributed by atoms with Crippen LogP contribution in [0.1, 0.15) is 85.1 Å². The van der Waals surface area contributed by atoms with Crippen molar-refractivity contribution >= 4 is 29.3 Å². The number of aliphatic hydroxyl groups excluding tert-OH is 1. The zero-order chi connectivity index (χ0) is 34.3. The molecule has 3 aliphatic heterocycles. The van der Waals surface area contributed by atoms with Crippen molar-refractivity contribution in [1.82, 2.24) is 24.5 Å². The molecule has 47 heavy (non-hydrogen) atoms. The van der Waals surface area contributed by atoms with Crippen LogP contribution in [0, 0.1) is 17.3 Å². The van der Waals surface area contributed by atoms with Crippen LogP contribution in [-0.4, -0.2) is 130 Å². The molecular weight excluding hydrogens is 614 g/mol. The molecule has 5 rings (SSSR count). The van der Waals surface area contributed by atoms with E-state index < -0.39 is 11.5 Å². The summed E-state index contributed by atoms with van der Waals surface area (Å²) in [7, 11) is 2.07. The number of amides is 3. The van der Waals surface area contributed by atoms with Gasteiger partial charge in [-0.25, -0.2) is 0 Å². The Morgan fingerprint density at radius 3 is 2.06 bits per heavy atom. The minimum atomic E-state index is -0.949. The van der Waals surface area contributed by atoms with Crippen molar-refractivity contribution in [2.45, 2.75) is 103 Å². The van der Waals surface area contributed by atoms with Crippen molar-refractivity contribution in [3.05, 3.63) is 34.9 Å². The highest BCUT2D eigenvalue weighted by Crippen LogP contribution is 2.41. The number of halogens is 1. The number of hydrogen-bond donors (Lipinski definition) is 1. The average molecular weight is 672 g/mol. The Kier molecular flexibility index (Phi) is 11.0. The van der Waals surface area contributed by atoms with Crippen LogP contribution in [0.5, 0.6) is 0 Å². The maximum atomic E-state index is 15.0. The first-order valence-electron chi connectivity index (χ1n) is 17.8. The molecule has 0 radical (unpaired) electrons. The lowest BCUT2D eigenvalue weighted by Crippen LogP contribution is -2.55. The van der Waals surface area contributed by atoms with E-state index in [1.807, 2.05) is 39.0 Å². The van der Waals surface area contributed by atoms with Gasteiger partial charge in [0.15, 0.2) is 0 Å². The van der Waals surface area contributed by atoms with Crippen molar-refractivity contribution in [3.8, 4) is 0 Å². The average Bonchev–Trinajstić information content (AvgIpc) is 3.68. The van der Waals surface area contributed by atoms with Gasteiger partial charge in [0.05, 0.1) is 24.0 Å². The summed E-state index contributed by atoms with van der Waals surface area (Å²) in [5.74, 6) is 0.156. The largest absolute Gasteiger partial charge is 0.395 e. The summed E-state index contributed by atoms with van der Waals surface area (Å²) in [6, 6.07) is 6.96. The lowest BCUT2D eigenvalue weighted by atomic mass is 9.83. The maximum absolute atomic E-state index is 15.0. The van der Waals surface area contributed by atoms with E-state index in [1.54, 1.807) is 13.8 Å². The van der Waals surface area contributed by atoms with E-state index in [1.165, 1.54) is 0 Å². The number of likely N-dealkylation sites (N-methyl/N-ethyl adjacent to an activating group) is 1. The second-order valence-electron chi connectivity index (χ2n) is 16.5. The Hall–Kier alpha value is -2.20. The number of piperazine rings is 1. The standard InChI is InChI=1S/C37H58ClN5O4/c1-25-8-14-28(15-9-25)43(35(47)37(5,6)24-44)29-20-32(34(46)40-18-16-39(7)17-19-40)42(21-29)33(45)31-23-41(36(2,3)4)22-30(31)26-10-12-27(38)13-11-26/h10-13,25,28-32,44H,8-9,14-24H2,1-7H3/t25-,28+,29-,30-,31+,32-/m0/s1. The molecule has 3 saturated heterocycles. The smallest absolute Gasteiger partial charge is 0.245 e. The van der Waals surface area contributed by atoms with Gasteiger partial charge in [0.25, 0.3) is 0 Å². The molecule has 0 bridgehead atoms. The maximum Gasteiger partial charge on any atom is 0.245 e. The Morgan fingerprint density at radius 2 is 1.49 bits per heavy atom. The van der Waals surface area contributed by atoms with E-state index in [2.05, 4.69) is 44.5 Å². The molecule has 3 heterocycles. The molecule has 4 fully saturated rings. The van der Waals surface area contributed by atoms with Crippen LogP contribution in [0.3, 0.4) is 0 Å². The van der Waals surface area contributed by atoms with Crippen LogP contribution < -0.4 is 0 Å². The van der Waals surface area contributed by atoms with Gasteiger partial charge in [0, 0.05) is 68.3 Å². The molecule has 262 valence electrons. The first-order valence-corrected chi connectivity index (χ1v) is 18.2. The summed E-state index contributed by atoms with van der Waals surface area (Å²) in [5, 5.41) is 10.9. The van der Waals surface area contributed by atoms with Crippen LogP contribution in [0.4, 0.5) is 0 Å². The van der Waals surface area contributed by atoms with Gasteiger partial charge in [-0.2, -0.15) is 0 Å². The normalized spacial score (nSPS) is 29.7. The fourth-order valence-electron chi connectivity index (χ4n) is 8.16. The summed E-state index contributed by atoms with van der Waals surface area (Å²) < 4.78 is 0. The fourth-order valence-corrected chi connectivity index (χ4v) is 8.29. The van der Waals surface area contributed by atoms with E-state index in [-0.39, 0.29) is 53.8 Å². The molecule has 1 aromatic carbocycles. The third-order valence-electron chi connectivity index (χ3n) is 11.5. The number of hydrogen-bond acceptors (Lipinski definition) is 6. The molecule has 0 aromatic heterocycles. The molecule has 0 spiro atoms. The summed E-state index contributed by atoms with van der Waals surface area (Å²) in [6.07, 6.45) is 4.31. The third kappa shape index (κ3) is 7.84. The van der Waals surface area contributed by atoms with Crippen molar-refractivity contribution in [2.75, 3.05) is 59.5 Å². The molecule has 1 N–H and O–H groups in total. The molecule has 10 heteroatoms. The van der Waals surface area contributed by atoms with Gasteiger partial charge in [0.1, 0.15) is 6.04 Å². The number of rotatable bonds is 7. The first kappa shape index (κ1) is 36.1. The van der Waals surface area contributed by atoms with Gasteiger partial charge in [-0.3, -0.25) is 19.3 Å². The predicted molar refractivity (Wildman–Crippen MR) is 186 cm³/mol. The highest BCUT2D eigenvalue weighted by molar-refractivity contribution is 6.30. The topological polar surface area (TPSA) is 87.6 Å². The summed E-state index contributed by atoms with van der Waals surface area (Å²) in [4.78, 5) is 54.0. The van der Waals surface area contributed by atoms with Crippen LogP contribution in [0.15, 0.2) is 24.3 Å². The quantitative estimate of drug-likeness (QED) is 0.465. The minimum absolute atomic E-state index is 0.00207. The van der Waals surface area contributed by atoms with E-state index in [4.69, 9.17) is 11.6 Å². The van der Waals surface area contributed by atoms with Gasteiger partial charge in [-0.15, -0.1) is 0 Å². The number of carbonyl (C=O) groups is 3. The van der Waals surface area contributed by atoms with Crippen LogP contribution in [-0.2, 0) is 14.4 Å². The van der Waals surface area contributed by atoms with Gasteiger partial charge in [-0.05, 0) is 97.4 Å². The zero-order valence-corrected chi connectivity index (χ0v) is 30.5. The second kappa shape index (κ2) is 14.3.